The third kappa shape index (κ3) is 3.30. The molecule has 1 atom stereocenters. The molecule has 1 unspecified atom stereocenters. The number of aryl methyl sites for hydroxylation is 2. The number of piperidine rings is 1. The number of amides is 1. The molecule has 2 fully saturated rings. The normalized spacial score (nSPS) is 23.7. The summed E-state index contributed by atoms with van der Waals surface area (Å²) < 4.78 is 5.26. The Morgan fingerprint density at radius 2 is 2.16 bits per heavy atom. The molecule has 1 saturated carbocycles. The van der Waals surface area contributed by atoms with Gasteiger partial charge in [-0.05, 0) is 44.2 Å². The second-order valence-corrected chi connectivity index (χ2v) is 7.56. The zero-order valence-electron chi connectivity index (χ0n) is 14.9. The minimum absolute atomic E-state index is 0.00351. The summed E-state index contributed by atoms with van der Waals surface area (Å²) in [7, 11) is 0. The van der Waals surface area contributed by atoms with E-state index in [0.29, 0.717) is 18.1 Å². The minimum atomic E-state index is -0.184. The first-order chi connectivity index (χ1) is 12.1. The van der Waals surface area contributed by atoms with Gasteiger partial charge in [-0.3, -0.25) is 4.79 Å². The van der Waals surface area contributed by atoms with Crippen LogP contribution in [0.15, 0.2) is 22.7 Å². The van der Waals surface area contributed by atoms with E-state index in [2.05, 4.69) is 15.1 Å². The number of pyridine rings is 1. The Hall–Kier alpha value is -2.24. The molecule has 3 heterocycles. The van der Waals surface area contributed by atoms with E-state index < -0.39 is 0 Å². The molecule has 2 aromatic rings. The van der Waals surface area contributed by atoms with Crippen LogP contribution in [0.4, 0.5) is 0 Å². The first-order valence-corrected chi connectivity index (χ1v) is 9.09. The first-order valence-electron chi connectivity index (χ1n) is 9.09. The van der Waals surface area contributed by atoms with E-state index in [0.717, 1.165) is 43.2 Å². The van der Waals surface area contributed by atoms with Gasteiger partial charge in [-0.1, -0.05) is 24.1 Å². The molecule has 4 rings (SSSR count). The van der Waals surface area contributed by atoms with Gasteiger partial charge in [-0.2, -0.15) is 4.98 Å². The molecule has 1 amide bonds. The third-order valence-corrected chi connectivity index (χ3v) is 5.35. The summed E-state index contributed by atoms with van der Waals surface area (Å²) in [6.07, 6.45) is 5.54. The van der Waals surface area contributed by atoms with Gasteiger partial charge >= 0.3 is 0 Å². The van der Waals surface area contributed by atoms with Gasteiger partial charge in [0.2, 0.25) is 5.89 Å². The molecule has 132 valence electrons. The van der Waals surface area contributed by atoms with Crippen LogP contribution in [0.5, 0.6) is 0 Å². The lowest BCUT2D eigenvalue weighted by Crippen LogP contribution is -2.49. The van der Waals surface area contributed by atoms with Crippen molar-refractivity contribution in [3.8, 4) is 0 Å². The van der Waals surface area contributed by atoms with Crippen molar-refractivity contribution in [2.45, 2.75) is 51.4 Å². The second kappa shape index (κ2) is 6.24. The van der Waals surface area contributed by atoms with Crippen molar-refractivity contribution < 1.29 is 9.32 Å². The van der Waals surface area contributed by atoms with Gasteiger partial charge in [0.15, 0.2) is 5.82 Å². The highest BCUT2D eigenvalue weighted by molar-refractivity contribution is 5.92. The monoisotopic (exact) mass is 340 g/mol. The Labute approximate surface area is 147 Å². The van der Waals surface area contributed by atoms with E-state index >= 15 is 0 Å². The van der Waals surface area contributed by atoms with Crippen LogP contribution in [0, 0.1) is 19.8 Å². The highest BCUT2D eigenvalue weighted by Crippen LogP contribution is 2.45. The topological polar surface area (TPSA) is 72.1 Å². The van der Waals surface area contributed by atoms with Gasteiger partial charge in [0.1, 0.15) is 5.69 Å². The molecule has 0 bridgehead atoms. The lowest BCUT2D eigenvalue weighted by molar-refractivity contribution is 0.0601. The highest BCUT2D eigenvalue weighted by Gasteiger charge is 2.45. The molecular weight excluding hydrogens is 316 g/mol. The zero-order chi connectivity index (χ0) is 17.4. The van der Waals surface area contributed by atoms with Crippen molar-refractivity contribution in [1.29, 1.82) is 0 Å². The molecule has 1 aliphatic carbocycles. The maximum absolute atomic E-state index is 13.0. The lowest BCUT2D eigenvalue weighted by atomic mass is 9.74. The fourth-order valence-electron chi connectivity index (χ4n) is 3.96. The van der Waals surface area contributed by atoms with Crippen LogP contribution in [0.1, 0.15) is 60.0 Å². The van der Waals surface area contributed by atoms with Gasteiger partial charge in [0, 0.05) is 25.7 Å². The fraction of sp³-hybridized carbons (Fsp3) is 0.579. The molecule has 1 saturated heterocycles. The Morgan fingerprint density at radius 1 is 1.32 bits per heavy atom. The standard InChI is InChI=1S/C19H24N4O2/c1-13-5-3-6-16(20-13)17(24)23-10-4-9-19(12-23,11-15-7-8-15)18-21-14(2)25-22-18/h3,5-6,15H,4,7-12H2,1-2H3. The molecule has 2 aliphatic rings. The van der Waals surface area contributed by atoms with E-state index in [4.69, 9.17) is 4.52 Å². The van der Waals surface area contributed by atoms with Gasteiger partial charge < -0.3 is 9.42 Å². The number of nitrogens with zero attached hydrogens (tertiary/aromatic N) is 4. The second-order valence-electron chi connectivity index (χ2n) is 7.56. The van der Waals surface area contributed by atoms with Crippen LogP contribution in [-0.4, -0.2) is 39.0 Å². The molecule has 25 heavy (non-hydrogen) atoms. The van der Waals surface area contributed by atoms with Crippen LogP contribution in [-0.2, 0) is 5.41 Å². The Balaban J connectivity index is 1.61. The number of hydrogen-bond acceptors (Lipinski definition) is 5. The summed E-state index contributed by atoms with van der Waals surface area (Å²) in [5.74, 6) is 2.09. The third-order valence-electron chi connectivity index (χ3n) is 5.35. The molecule has 0 radical (unpaired) electrons. The van der Waals surface area contributed by atoms with Crippen LogP contribution >= 0.6 is 0 Å². The number of aromatic nitrogens is 3. The van der Waals surface area contributed by atoms with Crippen LogP contribution in [0.3, 0.4) is 0 Å². The van der Waals surface area contributed by atoms with Crippen LogP contribution in [0.2, 0.25) is 0 Å². The highest BCUT2D eigenvalue weighted by atomic mass is 16.5. The van der Waals surface area contributed by atoms with E-state index in [-0.39, 0.29) is 11.3 Å². The van der Waals surface area contributed by atoms with Crippen molar-refractivity contribution in [2.24, 2.45) is 5.92 Å². The number of rotatable bonds is 4. The molecular formula is C19H24N4O2. The molecule has 6 heteroatoms. The summed E-state index contributed by atoms with van der Waals surface area (Å²) in [6.45, 7) is 5.14. The minimum Gasteiger partial charge on any atom is -0.340 e. The average molecular weight is 340 g/mol. The molecule has 2 aromatic heterocycles. The predicted octanol–water partition coefficient (Wildman–Crippen LogP) is 3.06. The first kappa shape index (κ1) is 16.2. The summed E-state index contributed by atoms with van der Waals surface area (Å²) >= 11 is 0. The maximum Gasteiger partial charge on any atom is 0.272 e. The quantitative estimate of drug-likeness (QED) is 0.855. The average Bonchev–Trinajstić information content (AvgIpc) is 3.30. The van der Waals surface area contributed by atoms with E-state index in [9.17, 15) is 4.79 Å². The number of carbonyl (C=O) groups excluding carboxylic acids is 1. The fourth-order valence-corrected chi connectivity index (χ4v) is 3.96. The van der Waals surface area contributed by atoms with E-state index in [1.54, 1.807) is 6.07 Å². The maximum atomic E-state index is 13.0. The largest absolute Gasteiger partial charge is 0.340 e. The van der Waals surface area contributed by atoms with Crippen molar-refractivity contribution in [1.82, 2.24) is 20.0 Å². The van der Waals surface area contributed by atoms with Gasteiger partial charge in [0.25, 0.3) is 5.91 Å². The molecule has 6 nitrogen and oxygen atoms in total. The van der Waals surface area contributed by atoms with Crippen molar-refractivity contribution in [3.63, 3.8) is 0 Å². The van der Waals surface area contributed by atoms with Gasteiger partial charge in [0.05, 0.1) is 5.41 Å². The molecule has 1 aliphatic heterocycles. The van der Waals surface area contributed by atoms with E-state index in [1.165, 1.54) is 12.8 Å². The summed E-state index contributed by atoms with van der Waals surface area (Å²) in [5.41, 5.74) is 1.20. The summed E-state index contributed by atoms with van der Waals surface area (Å²) in [5, 5.41) is 4.23. The zero-order valence-corrected chi connectivity index (χ0v) is 14.9. The predicted molar refractivity (Wildman–Crippen MR) is 92.2 cm³/mol. The SMILES string of the molecule is Cc1cccc(C(=O)N2CCCC(CC3CC3)(c3noc(C)n3)C2)n1. The summed E-state index contributed by atoms with van der Waals surface area (Å²) in [6, 6.07) is 5.59. The van der Waals surface area contributed by atoms with E-state index in [1.807, 2.05) is 30.9 Å². The Kier molecular flexibility index (Phi) is 4.06. The van der Waals surface area contributed by atoms with Gasteiger partial charge in [-0.15, -0.1) is 0 Å². The number of carbonyl (C=O) groups is 1. The molecule has 0 N–H and O–H groups in total. The van der Waals surface area contributed by atoms with Crippen LogP contribution in [0.25, 0.3) is 0 Å². The number of likely N-dealkylation sites (tertiary alicyclic amines) is 1. The Morgan fingerprint density at radius 3 is 2.84 bits per heavy atom. The summed E-state index contributed by atoms with van der Waals surface area (Å²) in [4.78, 5) is 23.8. The molecule has 0 spiro atoms. The lowest BCUT2D eigenvalue weighted by Gasteiger charge is -2.41. The van der Waals surface area contributed by atoms with Gasteiger partial charge in [-0.25, -0.2) is 4.98 Å². The van der Waals surface area contributed by atoms with Crippen molar-refractivity contribution >= 4 is 5.91 Å². The van der Waals surface area contributed by atoms with Crippen molar-refractivity contribution in [3.05, 3.63) is 41.3 Å². The van der Waals surface area contributed by atoms with Crippen molar-refractivity contribution in [2.75, 3.05) is 13.1 Å². The number of hydrogen-bond donors (Lipinski definition) is 0. The Bertz CT molecular complexity index is 783. The smallest absolute Gasteiger partial charge is 0.272 e. The molecule has 0 aromatic carbocycles. The van der Waals surface area contributed by atoms with Crippen LogP contribution < -0.4 is 0 Å².